The van der Waals surface area contributed by atoms with Crippen LogP contribution in [0, 0.1) is 0 Å². The van der Waals surface area contributed by atoms with Gasteiger partial charge >= 0.3 is 5.97 Å². The second-order valence-electron chi connectivity index (χ2n) is 5.70. The summed E-state index contributed by atoms with van der Waals surface area (Å²) < 4.78 is 5.43. The molecule has 3 heteroatoms. The van der Waals surface area contributed by atoms with Crippen LogP contribution in [0.1, 0.15) is 24.1 Å². The standard InChI is InChI=1S/C18H19NO2/c1-18(12-14-8-4-2-5-9-14)17(20)21-13-16(19-18)15-10-6-3-7-11-15/h2-11,16,19H,12-13H2,1H3/t16-,18+/m0/s1. The van der Waals surface area contributed by atoms with Gasteiger partial charge in [0.25, 0.3) is 0 Å². The number of carbonyl (C=O) groups is 1. The topological polar surface area (TPSA) is 38.3 Å². The van der Waals surface area contributed by atoms with Crippen LogP contribution >= 0.6 is 0 Å². The number of benzene rings is 2. The predicted molar refractivity (Wildman–Crippen MR) is 81.8 cm³/mol. The van der Waals surface area contributed by atoms with Gasteiger partial charge in [0.2, 0.25) is 0 Å². The van der Waals surface area contributed by atoms with Crippen LogP contribution in [0.25, 0.3) is 0 Å². The van der Waals surface area contributed by atoms with Gasteiger partial charge in [-0.05, 0) is 18.1 Å². The number of hydrogen-bond acceptors (Lipinski definition) is 3. The fraction of sp³-hybridized carbons (Fsp3) is 0.278. The molecule has 3 nitrogen and oxygen atoms in total. The summed E-state index contributed by atoms with van der Waals surface area (Å²) in [6.07, 6.45) is 0.621. The van der Waals surface area contributed by atoms with E-state index in [4.69, 9.17) is 4.74 Å². The van der Waals surface area contributed by atoms with Crippen molar-refractivity contribution in [2.75, 3.05) is 6.61 Å². The summed E-state index contributed by atoms with van der Waals surface area (Å²) in [5, 5.41) is 3.47. The lowest BCUT2D eigenvalue weighted by molar-refractivity contribution is -0.158. The van der Waals surface area contributed by atoms with E-state index in [-0.39, 0.29) is 12.0 Å². The number of esters is 1. The molecule has 0 aromatic heterocycles. The molecule has 1 saturated heterocycles. The molecule has 1 aliphatic heterocycles. The zero-order chi connectivity index (χ0) is 14.7. The molecule has 1 N–H and O–H groups in total. The Morgan fingerprint density at radius 3 is 2.38 bits per heavy atom. The number of rotatable bonds is 3. The molecule has 0 saturated carbocycles. The molecule has 21 heavy (non-hydrogen) atoms. The first-order chi connectivity index (χ1) is 10.2. The Morgan fingerprint density at radius 1 is 1.10 bits per heavy atom. The number of nitrogens with one attached hydrogen (secondary N) is 1. The molecule has 1 fully saturated rings. The first-order valence-corrected chi connectivity index (χ1v) is 7.21. The Kier molecular flexibility index (Phi) is 3.76. The Morgan fingerprint density at radius 2 is 1.71 bits per heavy atom. The molecule has 3 rings (SSSR count). The first kappa shape index (κ1) is 13.8. The molecule has 0 bridgehead atoms. The number of ether oxygens (including phenoxy) is 1. The molecule has 2 atom stereocenters. The summed E-state index contributed by atoms with van der Waals surface area (Å²) in [6, 6.07) is 20.2. The van der Waals surface area contributed by atoms with Crippen LogP contribution in [0.3, 0.4) is 0 Å². The molecule has 0 unspecified atom stereocenters. The minimum absolute atomic E-state index is 0.0395. The van der Waals surface area contributed by atoms with Crippen molar-refractivity contribution in [3.05, 3.63) is 71.8 Å². The molecule has 0 radical (unpaired) electrons. The Labute approximate surface area is 124 Å². The van der Waals surface area contributed by atoms with Crippen molar-refractivity contribution in [3.8, 4) is 0 Å². The average Bonchev–Trinajstić information content (AvgIpc) is 2.52. The van der Waals surface area contributed by atoms with Gasteiger partial charge in [0, 0.05) is 6.42 Å². The van der Waals surface area contributed by atoms with Crippen LogP contribution in [0.2, 0.25) is 0 Å². The zero-order valence-electron chi connectivity index (χ0n) is 12.1. The van der Waals surface area contributed by atoms with Crippen LogP contribution in [-0.4, -0.2) is 18.1 Å². The van der Waals surface area contributed by atoms with E-state index in [1.165, 1.54) is 0 Å². The van der Waals surface area contributed by atoms with E-state index in [9.17, 15) is 4.79 Å². The fourth-order valence-electron chi connectivity index (χ4n) is 2.80. The second kappa shape index (κ2) is 5.70. The minimum atomic E-state index is -0.694. The molecule has 0 amide bonds. The van der Waals surface area contributed by atoms with Crippen molar-refractivity contribution in [1.82, 2.24) is 5.32 Å². The lowest BCUT2D eigenvalue weighted by atomic mass is 9.89. The maximum Gasteiger partial charge on any atom is 0.326 e. The lowest BCUT2D eigenvalue weighted by Gasteiger charge is -2.38. The van der Waals surface area contributed by atoms with Gasteiger partial charge in [-0.3, -0.25) is 10.1 Å². The normalized spacial score (nSPS) is 25.4. The van der Waals surface area contributed by atoms with Gasteiger partial charge in [-0.2, -0.15) is 0 Å². The van der Waals surface area contributed by atoms with E-state index < -0.39 is 5.54 Å². The highest BCUT2D eigenvalue weighted by Gasteiger charge is 2.41. The van der Waals surface area contributed by atoms with E-state index in [2.05, 4.69) is 17.4 Å². The maximum atomic E-state index is 12.2. The Bertz CT molecular complexity index is 612. The highest BCUT2D eigenvalue weighted by Crippen LogP contribution is 2.26. The molecule has 2 aromatic carbocycles. The fourth-order valence-corrected chi connectivity index (χ4v) is 2.80. The number of carbonyl (C=O) groups excluding carboxylic acids is 1. The smallest absolute Gasteiger partial charge is 0.326 e. The van der Waals surface area contributed by atoms with Crippen LogP contribution < -0.4 is 5.32 Å². The van der Waals surface area contributed by atoms with Gasteiger partial charge in [-0.15, -0.1) is 0 Å². The van der Waals surface area contributed by atoms with Crippen molar-refractivity contribution in [3.63, 3.8) is 0 Å². The molecule has 0 aliphatic carbocycles. The highest BCUT2D eigenvalue weighted by atomic mass is 16.5. The van der Waals surface area contributed by atoms with E-state index in [0.717, 1.165) is 11.1 Å². The van der Waals surface area contributed by atoms with Crippen molar-refractivity contribution in [1.29, 1.82) is 0 Å². The monoisotopic (exact) mass is 281 g/mol. The average molecular weight is 281 g/mol. The van der Waals surface area contributed by atoms with Gasteiger partial charge in [0.1, 0.15) is 12.1 Å². The zero-order valence-corrected chi connectivity index (χ0v) is 12.1. The van der Waals surface area contributed by atoms with Crippen LogP contribution in [0.15, 0.2) is 60.7 Å². The van der Waals surface area contributed by atoms with Gasteiger partial charge in [-0.25, -0.2) is 0 Å². The first-order valence-electron chi connectivity index (χ1n) is 7.21. The van der Waals surface area contributed by atoms with Crippen molar-refractivity contribution in [2.45, 2.75) is 24.9 Å². The second-order valence-corrected chi connectivity index (χ2v) is 5.70. The molecule has 0 spiro atoms. The summed E-state index contributed by atoms with van der Waals surface area (Å²) in [4.78, 5) is 12.2. The molecule has 108 valence electrons. The summed E-state index contributed by atoms with van der Waals surface area (Å²) in [5.74, 6) is -0.182. The summed E-state index contributed by atoms with van der Waals surface area (Å²) in [5.41, 5.74) is 1.57. The van der Waals surface area contributed by atoms with Crippen molar-refractivity contribution >= 4 is 5.97 Å². The van der Waals surface area contributed by atoms with E-state index >= 15 is 0 Å². The summed E-state index contributed by atoms with van der Waals surface area (Å²) >= 11 is 0. The van der Waals surface area contributed by atoms with Gasteiger partial charge in [-0.1, -0.05) is 60.7 Å². The molecular formula is C18H19NO2. The number of cyclic esters (lactones) is 1. The van der Waals surface area contributed by atoms with Crippen LogP contribution in [0.4, 0.5) is 0 Å². The molecular weight excluding hydrogens is 262 g/mol. The number of hydrogen-bond donors (Lipinski definition) is 1. The van der Waals surface area contributed by atoms with Crippen LogP contribution in [-0.2, 0) is 16.0 Å². The van der Waals surface area contributed by atoms with Gasteiger partial charge in [0.15, 0.2) is 0 Å². The van der Waals surface area contributed by atoms with E-state index in [0.29, 0.717) is 13.0 Å². The molecule has 2 aromatic rings. The van der Waals surface area contributed by atoms with Gasteiger partial charge in [0.05, 0.1) is 6.04 Å². The minimum Gasteiger partial charge on any atom is -0.462 e. The number of morpholine rings is 1. The van der Waals surface area contributed by atoms with E-state index in [1.54, 1.807) is 0 Å². The molecule has 1 heterocycles. The largest absolute Gasteiger partial charge is 0.462 e. The summed E-state index contributed by atoms with van der Waals surface area (Å²) in [6.45, 7) is 2.30. The SMILES string of the molecule is C[C@]1(Cc2ccccc2)N[C@H](c2ccccc2)COC1=O. The van der Waals surface area contributed by atoms with Crippen LogP contribution in [0.5, 0.6) is 0 Å². The quantitative estimate of drug-likeness (QED) is 0.879. The maximum absolute atomic E-state index is 12.2. The highest BCUT2D eigenvalue weighted by molar-refractivity contribution is 5.81. The van der Waals surface area contributed by atoms with Crippen molar-refractivity contribution in [2.24, 2.45) is 0 Å². The third-order valence-corrected chi connectivity index (χ3v) is 3.93. The lowest BCUT2D eigenvalue weighted by Crippen LogP contribution is -2.58. The van der Waals surface area contributed by atoms with Gasteiger partial charge < -0.3 is 4.74 Å². The third-order valence-electron chi connectivity index (χ3n) is 3.93. The summed E-state index contributed by atoms with van der Waals surface area (Å²) in [7, 11) is 0. The Balaban J connectivity index is 1.81. The van der Waals surface area contributed by atoms with Crippen molar-refractivity contribution < 1.29 is 9.53 Å². The van der Waals surface area contributed by atoms with E-state index in [1.807, 2.05) is 55.5 Å². The molecule has 1 aliphatic rings. The third kappa shape index (κ3) is 2.98. The Hall–Kier alpha value is -2.13. The predicted octanol–water partition coefficient (Wildman–Crippen LogP) is 2.88.